The highest BCUT2D eigenvalue weighted by atomic mass is 15.1. The number of rotatable bonds is 4. The van der Waals surface area contributed by atoms with E-state index in [1.165, 1.54) is 5.56 Å². The maximum Gasteiger partial charge on any atom is 0.137 e. The fourth-order valence-electron chi connectivity index (χ4n) is 2.09. The summed E-state index contributed by atoms with van der Waals surface area (Å²) in [7, 11) is 0. The monoisotopic (exact) mass is 264 g/mol. The molecule has 4 heteroatoms. The number of nitrogens with zero attached hydrogens (tertiary/aromatic N) is 3. The van der Waals surface area contributed by atoms with Gasteiger partial charge in [0.1, 0.15) is 12.1 Å². The molecule has 1 N–H and O–H groups in total. The van der Waals surface area contributed by atoms with Crippen LogP contribution < -0.4 is 5.32 Å². The highest BCUT2D eigenvalue weighted by Gasteiger charge is 2.05. The van der Waals surface area contributed by atoms with Crippen LogP contribution in [0.2, 0.25) is 0 Å². The predicted molar refractivity (Wildman–Crippen MR) is 79.8 cm³/mol. The number of pyridine rings is 1. The molecule has 3 aromatic rings. The Bertz CT molecular complexity index is 645. The molecule has 0 amide bonds. The van der Waals surface area contributed by atoms with Crippen molar-refractivity contribution in [3.63, 3.8) is 0 Å². The van der Waals surface area contributed by atoms with Gasteiger partial charge in [-0.05, 0) is 24.6 Å². The normalized spacial score (nSPS) is 12.1. The van der Waals surface area contributed by atoms with Crippen LogP contribution in [0.4, 0.5) is 5.69 Å². The molecule has 0 radical (unpaired) electrons. The second-order valence-corrected chi connectivity index (χ2v) is 4.65. The summed E-state index contributed by atoms with van der Waals surface area (Å²) >= 11 is 0. The van der Waals surface area contributed by atoms with Crippen LogP contribution in [0.5, 0.6) is 0 Å². The van der Waals surface area contributed by atoms with Crippen LogP contribution in [0.25, 0.3) is 5.82 Å². The standard InChI is InChI=1S/C16H16N4/c1-13(14-5-3-2-4-6-14)19-15-7-8-16(18-11-15)20-10-9-17-12-20/h2-13,19H,1H3. The third-order valence-corrected chi connectivity index (χ3v) is 3.20. The van der Waals surface area contributed by atoms with Gasteiger partial charge in [0.05, 0.1) is 11.9 Å². The van der Waals surface area contributed by atoms with E-state index in [2.05, 4.69) is 34.3 Å². The average Bonchev–Trinajstić information content (AvgIpc) is 3.03. The van der Waals surface area contributed by atoms with E-state index in [9.17, 15) is 0 Å². The second-order valence-electron chi connectivity index (χ2n) is 4.65. The molecule has 1 aromatic carbocycles. The van der Waals surface area contributed by atoms with Gasteiger partial charge in [0.2, 0.25) is 0 Å². The number of aromatic nitrogens is 3. The second kappa shape index (κ2) is 5.57. The molecule has 100 valence electrons. The summed E-state index contributed by atoms with van der Waals surface area (Å²) in [5.41, 5.74) is 2.26. The van der Waals surface area contributed by atoms with E-state index in [0.717, 1.165) is 11.5 Å². The summed E-state index contributed by atoms with van der Waals surface area (Å²) < 4.78 is 1.88. The van der Waals surface area contributed by atoms with Crippen LogP contribution in [0.3, 0.4) is 0 Å². The van der Waals surface area contributed by atoms with Crippen LogP contribution in [0.15, 0.2) is 67.4 Å². The van der Waals surface area contributed by atoms with Crippen molar-refractivity contribution in [3.8, 4) is 5.82 Å². The fourth-order valence-corrected chi connectivity index (χ4v) is 2.09. The molecule has 0 bridgehead atoms. The van der Waals surface area contributed by atoms with Gasteiger partial charge in [-0.2, -0.15) is 0 Å². The molecule has 0 aliphatic rings. The van der Waals surface area contributed by atoms with Crippen LogP contribution in [0.1, 0.15) is 18.5 Å². The van der Waals surface area contributed by atoms with Gasteiger partial charge in [-0.1, -0.05) is 30.3 Å². The van der Waals surface area contributed by atoms with E-state index in [0.29, 0.717) is 0 Å². The highest BCUT2D eigenvalue weighted by molar-refractivity contribution is 5.45. The topological polar surface area (TPSA) is 42.7 Å². The zero-order chi connectivity index (χ0) is 13.8. The Balaban J connectivity index is 1.72. The third kappa shape index (κ3) is 2.69. The van der Waals surface area contributed by atoms with Gasteiger partial charge in [0, 0.05) is 18.4 Å². The first-order valence-corrected chi connectivity index (χ1v) is 6.59. The van der Waals surface area contributed by atoms with Crippen molar-refractivity contribution < 1.29 is 0 Å². The van der Waals surface area contributed by atoms with Crippen molar-refractivity contribution >= 4 is 5.69 Å². The van der Waals surface area contributed by atoms with Crippen LogP contribution in [-0.4, -0.2) is 14.5 Å². The lowest BCUT2D eigenvalue weighted by molar-refractivity contribution is 0.881. The van der Waals surface area contributed by atoms with Crippen LogP contribution in [-0.2, 0) is 0 Å². The molecule has 2 heterocycles. The Kier molecular flexibility index (Phi) is 3.46. The largest absolute Gasteiger partial charge is 0.377 e. The molecule has 0 aliphatic heterocycles. The van der Waals surface area contributed by atoms with Gasteiger partial charge < -0.3 is 5.32 Å². The molecular formula is C16H16N4. The van der Waals surface area contributed by atoms with E-state index in [4.69, 9.17) is 0 Å². The molecule has 0 saturated heterocycles. The number of anilines is 1. The fraction of sp³-hybridized carbons (Fsp3) is 0.125. The summed E-state index contributed by atoms with van der Waals surface area (Å²) in [4.78, 5) is 8.44. The van der Waals surface area contributed by atoms with E-state index in [1.54, 1.807) is 12.5 Å². The Morgan fingerprint density at radius 3 is 2.60 bits per heavy atom. The molecular weight excluding hydrogens is 248 g/mol. The van der Waals surface area contributed by atoms with Crippen molar-refractivity contribution in [2.24, 2.45) is 0 Å². The van der Waals surface area contributed by atoms with E-state index in [1.807, 2.05) is 47.3 Å². The summed E-state index contributed by atoms with van der Waals surface area (Å²) in [6, 6.07) is 14.6. The Morgan fingerprint density at radius 1 is 1.10 bits per heavy atom. The van der Waals surface area contributed by atoms with E-state index >= 15 is 0 Å². The minimum absolute atomic E-state index is 0.247. The Hall–Kier alpha value is -2.62. The van der Waals surface area contributed by atoms with Crippen LogP contribution in [0, 0.1) is 0 Å². The molecule has 0 saturated carbocycles. The number of hydrogen-bond acceptors (Lipinski definition) is 3. The van der Waals surface area contributed by atoms with Gasteiger partial charge >= 0.3 is 0 Å². The van der Waals surface area contributed by atoms with Crippen molar-refractivity contribution in [2.75, 3.05) is 5.32 Å². The minimum atomic E-state index is 0.247. The lowest BCUT2D eigenvalue weighted by Crippen LogP contribution is -2.07. The van der Waals surface area contributed by atoms with Crippen molar-refractivity contribution in [3.05, 3.63) is 72.9 Å². The zero-order valence-electron chi connectivity index (χ0n) is 11.3. The number of benzene rings is 1. The van der Waals surface area contributed by atoms with Gasteiger partial charge in [-0.3, -0.25) is 4.57 Å². The maximum atomic E-state index is 4.43. The van der Waals surface area contributed by atoms with Crippen molar-refractivity contribution in [1.29, 1.82) is 0 Å². The third-order valence-electron chi connectivity index (χ3n) is 3.20. The lowest BCUT2D eigenvalue weighted by atomic mass is 10.1. The molecule has 3 rings (SSSR count). The van der Waals surface area contributed by atoms with Gasteiger partial charge in [0.25, 0.3) is 0 Å². The summed E-state index contributed by atoms with van der Waals surface area (Å²) in [5.74, 6) is 0.861. The first-order chi connectivity index (χ1) is 9.83. The summed E-state index contributed by atoms with van der Waals surface area (Å²) in [6.45, 7) is 2.14. The molecule has 1 atom stereocenters. The van der Waals surface area contributed by atoms with Crippen LogP contribution >= 0.6 is 0 Å². The van der Waals surface area contributed by atoms with Gasteiger partial charge in [0.15, 0.2) is 0 Å². The molecule has 0 spiro atoms. The van der Waals surface area contributed by atoms with Crippen molar-refractivity contribution in [1.82, 2.24) is 14.5 Å². The average molecular weight is 264 g/mol. The molecule has 1 unspecified atom stereocenters. The van der Waals surface area contributed by atoms with E-state index in [-0.39, 0.29) is 6.04 Å². The van der Waals surface area contributed by atoms with E-state index < -0.39 is 0 Å². The smallest absolute Gasteiger partial charge is 0.137 e. The SMILES string of the molecule is CC(Nc1ccc(-n2ccnc2)nc1)c1ccccc1. The Morgan fingerprint density at radius 2 is 1.95 bits per heavy atom. The number of hydrogen-bond donors (Lipinski definition) is 1. The van der Waals surface area contributed by atoms with Gasteiger partial charge in [-0.25, -0.2) is 9.97 Å². The van der Waals surface area contributed by atoms with Gasteiger partial charge in [-0.15, -0.1) is 0 Å². The quantitative estimate of drug-likeness (QED) is 0.785. The first kappa shape index (κ1) is 12.4. The molecule has 2 aromatic heterocycles. The summed E-state index contributed by atoms with van der Waals surface area (Å²) in [6.07, 6.45) is 7.20. The van der Waals surface area contributed by atoms with Crippen molar-refractivity contribution in [2.45, 2.75) is 13.0 Å². The predicted octanol–water partition coefficient (Wildman–Crippen LogP) is 3.44. The molecule has 4 nitrogen and oxygen atoms in total. The Labute approximate surface area is 118 Å². The summed E-state index contributed by atoms with van der Waals surface area (Å²) in [5, 5.41) is 3.44. The molecule has 20 heavy (non-hydrogen) atoms. The number of nitrogens with one attached hydrogen (secondary N) is 1. The minimum Gasteiger partial charge on any atom is -0.377 e. The highest BCUT2D eigenvalue weighted by Crippen LogP contribution is 2.18. The maximum absolute atomic E-state index is 4.43. The lowest BCUT2D eigenvalue weighted by Gasteiger charge is -2.15. The molecule has 0 fully saturated rings. The first-order valence-electron chi connectivity index (χ1n) is 6.59. The number of imidazole rings is 1. The zero-order valence-corrected chi connectivity index (χ0v) is 11.3. The molecule has 0 aliphatic carbocycles.